The summed E-state index contributed by atoms with van der Waals surface area (Å²) >= 11 is 1.25. The maximum absolute atomic E-state index is 12.4. The van der Waals surface area contributed by atoms with E-state index in [4.69, 9.17) is 4.42 Å². The average Bonchev–Trinajstić information content (AvgIpc) is 3.09. The Morgan fingerprint density at radius 1 is 1.11 bits per heavy atom. The number of nitrogens with one attached hydrogen (secondary N) is 1. The second kappa shape index (κ2) is 8.19. The predicted molar refractivity (Wildman–Crippen MR) is 114 cm³/mol. The predicted octanol–water partition coefficient (Wildman–Crippen LogP) is 5.46. The van der Waals surface area contributed by atoms with Crippen LogP contribution in [0.3, 0.4) is 0 Å². The summed E-state index contributed by atoms with van der Waals surface area (Å²) in [4.78, 5) is 12.4. The quantitative estimate of drug-likeness (QED) is 0.581. The molecule has 0 saturated carbocycles. The minimum Gasteiger partial charge on any atom is -0.411 e. The van der Waals surface area contributed by atoms with Gasteiger partial charge in [-0.3, -0.25) is 4.79 Å². The Labute approximate surface area is 170 Å². The molecule has 0 aliphatic carbocycles. The molecule has 0 aliphatic heterocycles. The van der Waals surface area contributed by atoms with Crippen LogP contribution in [0.25, 0.3) is 11.5 Å². The van der Waals surface area contributed by atoms with Gasteiger partial charge >= 0.3 is 0 Å². The molecule has 1 N–H and O–H groups in total. The van der Waals surface area contributed by atoms with Crippen molar-refractivity contribution >= 4 is 23.4 Å². The molecule has 3 rings (SSSR count). The molecule has 3 aromatic rings. The van der Waals surface area contributed by atoms with Crippen LogP contribution in [0.1, 0.15) is 38.8 Å². The van der Waals surface area contributed by atoms with Gasteiger partial charge in [0.05, 0.1) is 5.25 Å². The van der Waals surface area contributed by atoms with Crippen molar-refractivity contribution in [3.63, 3.8) is 0 Å². The van der Waals surface area contributed by atoms with Gasteiger partial charge in [0.1, 0.15) is 0 Å². The Hall–Kier alpha value is -2.60. The minimum atomic E-state index is -0.364. The van der Waals surface area contributed by atoms with Crippen molar-refractivity contribution in [2.24, 2.45) is 0 Å². The van der Waals surface area contributed by atoms with Gasteiger partial charge in [-0.1, -0.05) is 56.8 Å². The van der Waals surface area contributed by atoms with Crippen LogP contribution in [0.2, 0.25) is 0 Å². The summed E-state index contributed by atoms with van der Waals surface area (Å²) in [5.74, 6) is 0.346. The van der Waals surface area contributed by atoms with Gasteiger partial charge in [0, 0.05) is 11.3 Å². The largest absolute Gasteiger partial charge is 0.411 e. The molecule has 0 radical (unpaired) electrons. The SMILES string of the molecule is Cc1cccc(NC(=O)[C@H](C)Sc2nnc(-c3ccc(C(C)(C)C)cc3)o2)c1. The number of aromatic nitrogens is 2. The molecule has 0 fully saturated rings. The molecule has 0 bridgehead atoms. The van der Waals surface area contributed by atoms with Crippen LogP contribution in [0.15, 0.2) is 58.2 Å². The van der Waals surface area contributed by atoms with Crippen LogP contribution in [-0.2, 0) is 10.2 Å². The van der Waals surface area contributed by atoms with E-state index in [0.29, 0.717) is 11.1 Å². The molecule has 1 aromatic heterocycles. The summed E-state index contributed by atoms with van der Waals surface area (Å²) in [5, 5.41) is 11.1. The molecule has 0 saturated heterocycles. The first kappa shape index (κ1) is 20.1. The zero-order valence-corrected chi connectivity index (χ0v) is 17.6. The topological polar surface area (TPSA) is 68.0 Å². The molecular weight excluding hydrogens is 370 g/mol. The maximum Gasteiger partial charge on any atom is 0.277 e. The fourth-order valence-corrected chi connectivity index (χ4v) is 3.34. The van der Waals surface area contributed by atoms with Gasteiger partial charge in [-0.2, -0.15) is 0 Å². The first-order valence-electron chi connectivity index (χ1n) is 9.21. The summed E-state index contributed by atoms with van der Waals surface area (Å²) in [7, 11) is 0. The number of benzene rings is 2. The molecular formula is C22H25N3O2S. The zero-order chi connectivity index (χ0) is 20.3. The number of aryl methyl sites for hydroxylation is 1. The molecule has 146 valence electrons. The summed E-state index contributed by atoms with van der Waals surface area (Å²) in [5.41, 5.74) is 4.07. The fourth-order valence-electron chi connectivity index (χ4n) is 2.66. The Kier molecular flexibility index (Phi) is 5.89. The van der Waals surface area contributed by atoms with Crippen LogP contribution >= 0.6 is 11.8 Å². The summed E-state index contributed by atoms with van der Waals surface area (Å²) in [6, 6.07) is 15.8. The molecule has 5 nitrogen and oxygen atoms in total. The van der Waals surface area contributed by atoms with Crippen LogP contribution in [0.5, 0.6) is 0 Å². The fraction of sp³-hybridized carbons (Fsp3) is 0.318. The van der Waals surface area contributed by atoms with Gasteiger partial charge in [0.15, 0.2) is 0 Å². The highest BCUT2D eigenvalue weighted by molar-refractivity contribution is 8.00. The molecule has 1 amide bonds. The van der Waals surface area contributed by atoms with E-state index in [2.05, 4.69) is 48.4 Å². The van der Waals surface area contributed by atoms with Crippen molar-refractivity contribution in [2.75, 3.05) is 5.32 Å². The number of carbonyl (C=O) groups excluding carboxylic acids is 1. The summed E-state index contributed by atoms with van der Waals surface area (Å²) in [6.07, 6.45) is 0. The standard InChI is InChI=1S/C22H25N3O2S/c1-14-7-6-8-18(13-14)23-19(26)15(2)28-21-25-24-20(27-21)16-9-11-17(12-10-16)22(3,4)5/h6-13,15H,1-5H3,(H,23,26)/t15-/m0/s1. The number of amides is 1. The van der Waals surface area contributed by atoms with Crippen molar-refractivity contribution in [3.8, 4) is 11.5 Å². The molecule has 28 heavy (non-hydrogen) atoms. The van der Waals surface area contributed by atoms with Crippen molar-refractivity contribution in [1.29, 1.82) is 0 Å². The van der Waals surface area contributed by atoms with Gasteiger partial charge < -0.3 is 9.73 Å². The van der Waals surface area contributed by atoms with E-state index in [1.807, 2.05) is 50.2 Å². The van der Waals surface area contributed by atoms with Gasteiger partial charge in [0.25, 0.3) is 5.22 Å². The number of hydrogen-bond acceptors (Lipinski definition) is 5. The third-order valence-corrected chi connectivity index (χ3v) is 5.27. The van der Waals surface area contributed by atoms with E-state index in [9.17, 15) is 4.79 Å². The van der Waals surface area contributed by atoms with Crippen molar-refractivity contribution in [1.82, 2.24) is 10.2 Å². The maximum atomic E-state index is 12.4. The molecule has 0 spiro atoms. The van der Waals surface area contributed by atoms with Crippen molar-refractivity contribution in [2.45, 2.75) is 50.5 Å². The first-order valence-corrected chi connectivity index (χ1v) is 10.1. The number of nitrogens with zero attached hydrogens (tertiary/aromatic N) is 2. The highest BCUT2D eigenvalue weighted by Crippen LogP contribution is 2.29. The third kappa shape index (κ3) is 5.01. The Balaban J connectivity index is 1.64. The highest BCUT2D eigenvalue weighted by Gasteiger charge is 2.19. The van der Waals surface area contributed by atoms with Gasteiger partial charge in [0.2, 0.25) is 11.8 Å². The smallest absolute Gasteiger partial charge is 0.277 e. The van der Waals surface area contributed by atoms with E-state index < -0.39 is 0 Å². The van der Waals surface area contributed by atoms with Crippen LogP contribution < -0.4 is 5.32 Å². The van der Waals surface area contributed by atoms with E-state index in [-0.39, 0.29) is 16.6 Å². The molecule has 1 atom stereocenters. The second-order valence-corrected chi connectivity index (χ2v) is 9.11. The number of anilines is 1. The summed E-state index contributed by atoms with van der Waals surface area (Å²) < 4.78 is 5.75. The Morgan fingerprint density at radius 2 is 1.82 bits per heavy atom. The monoisotopic (exact) mass is 395 g/mol. The van der Waals surface area contributed by atoms with E-state index in [1.54, 1.807) is 0 Å². The summed E-state index contributed by atoms with van der Waals surface area (Å²) in [6.45, 7) is 10.3. The number of carbonyl (C=O) groups is 1. The second-order valence-electron chi connectivity index (χ2n) is 7.82. The first-order chi connectivity index (χ1) is 13.2. The minimum absolute atomic E-state index is 0.0917. The van der Waals surface area contributed by atoms with Crippen LogP contribution in [0.4, 0.5) is 5.69 Å². The van der Waals surface area contributed by atoms with Crippen molar-refractivity contribution < 1.29 is 9.21 Å². The number of thioether (sulfide) groups is 1. The lowest BCUT2D eigenvalue weighted by atomic mass is 9.87. The highest BCUT2D eigenvalue weighted by atomic mass is 32.2. The molecule has 6 heteroatoms. The van der Waals surface area contributed by atoms with Gasteiger partial charge in [-0.25, -0.2) is 0 Å². The third-order valence-electron chi connectivity index (χ3n) is 4.34. The van der Waals surface area contributed by atoms with E-state index in [1.165, 1.54) is 17.3 Å². The van der Waals surface area contributed by atoms with Crippen LogP contribution in [-0.4, -0.2) is 21.4 Å². The van der Waals surface area contributed by atoms with Crippen LogP contribution in [0, 0.1) is 6.92 Å². The van der Waals surface area contributed by atoms with Gasteiger partial charge in [-0.15, -0.1) is 10.2 Å². The lowest BCUT2D eigenvalue weighted by Gasteiger charge is -2.18. The molecule has 1 heterocycles. The molecule has 0 aliphatic rings. The number of rotatable bonds is 5. The Morgan fingerprint density at radius 3 is 2.46 bits per heavy atom. The Bertz CT molecular complexity index is 958. The lowest BCUT2D eigenvalue weighted by molar-refractivity contribution is -0.115. The zero-order valence-electron chi connectivity index (χ0n) is 16.8. The lowest BCUT2D eigenvalue weighted by Crippen LogP contribution is -2.22. The van der Waals surface area contributed by atoms with E-state index in [0.717, 1.165) is 16.8 Å². The normalized spacial score (nSPS) is 12.6. The molecule has 0 unspecified atom stereocenters. The average molecular weight is 396 g/mol. The number of hydrogen-bond donors (Lipinski definition) is 1. The van der Waals surface area contributed by atoms with Gasteiger partial charge in [-0.05, 0) is 54.7 Å². The van der Waals surface area contributed by atoms with E-state index >= 15 is 0 Å². The van der Waals surface area contributed by atoms with Crippen molar-refractivity contribution in [3.05, 3.63) is 59.7 Å². The molecule has 2 aromatic carbocycles.